The summed E-state index contributed by atoms with van der Waals surface area (Å²) in [6.45, 7) is 4.70. The van der Waals surface area contributed by atoms with Gasteiger partial charge in [0.2, 0.25) is 0 Å². The number of hydrogen-bond acceptors (Lipinski definition) is 3. The maximum absolute atomic E-state index is 5.31. The molecule has 10 heavy (non-hydrogen) atoms. The zero-order valence-corrected chi connectivity index (χ0v) is 6.89. The van der Waals surface area contributed by atoms with Crippen LogP contribution in [-0.2, 0) is 4.74 Å². The highest BCUT2D eigenvalue weighted by molar-refractivity contribution is 4.54. The Labute approximate surface area is 62.9 Å². The van der Waals surface area contributed by atoms with Crippen molar-refractivity contribution in [2.75, 3.05) is 26.7 Å². The molecule has 0 spiro atoms. The molecule has 0 aliphatic heterocycles. The van der Waals surface area contributed by atoms with E-state index in [9.17, 15) is 0 Å². The molecule has 0 saturated carbocycles. The van der Waals surface area contributed by atoms with Gasteiger partial charge in [0.1, 0.15) is 0 Å². The molecule has 0 aliphatic rings. The number of nitrogens with two attached hydrogens (primary N) is 1. The summed E-state index contributed by atoms with van der Waals surface area (Å²) < 4.78 is 5.04. The van der Waals surface area contributed by atoms with Gasteiger partial charge in [-0.05, 0) is 26.4 Å². The molecule has 1 unspecified atom stereocenters. The molecule has 0 radical (unpaired) electrons. The van der Waals surface area contributed by atoms with Gasteiger partial charge in [0.05, 0.1) is 6.10 Å². The maximum atomic E-state index is 5.31. The van der Waals surface area contributed by atoms with E-state index in [1.54, 1.807) is 7.11 Å². The quantitative estimate of drug-likeness (QED) is 0.517. The first kappa shape index (κ1) is 9.88. The first-order chi connectivity index (χ1) is 4.81. The molecule has 0 rings (SSSR count). The van der Waals surface area contributed by atoms with E-state index in [4.69, 9.17) is 10.5 Å². The lowest BCUT2D eigenvalue weighted by atomic mass is 10.3. The second-order valence-electron chi connectivity index (χ2n) is 2.39. The lowest BCUT2D eigenvalue weighted by Crippen LogP contribution is -2.27. The van der Waals surface area contributed by atoms with Crippen LogP contribution in [0, 0.1) is 0 Å². The van der Waals surface area contributed by atoms with E-state index in [0.717, 1.165) is 26.1 Å². The Morgan fingerprint density at radius 2 is 2.30 bits per heavy atom. The summed E-state index contributed by atoms with van der Waals surface area (Å²) in [5.74, 6) is 0. The molecule has 0 bridgehead atoms. The molecule has 3 nitrogen and oxygen atoms in total. The van der Waals surface area contributed by atoms with Gasteiger partial charge in [-0.3, -0.25) is 0 Å². The Morgan fingerprint density at radius 1 is 1.60 bits per heavy atom. The van der Waals surface area contributed by atoms with E-state index in [0.29, 0.717) is 6.10 Å². The summed E-state index contributed by atoms with van der Waals surface area (Å²) in [6, 6.07) is 0. The topological polar surface area (TPSA) is 47.3 Å². The van der Waals surface area contributed by atoms with Gasteiger partial charge < -0.3 is 15.8 Å². The van der Waals surface area contributed by atoms with Crippen LogP contribution >= 0.6 is 0 Å². The van der Waals surface area contributed by atoms with Crippen LogP contribution in [0.4, 0.5) is 0 Å². The highest BCUT2D eigenvalue weighted by Crippen LogP contribution is 1.83. The number of ether oxygens (including phenoxy) is 1. The van der Waals surface area contributed by atoms with Gasteiger partial charge in [0.25, 0.3) is 0 Å². The highest BCUT2D eigenvalue weighted by Gasteiger charge is 1.95. The van der Waals surface area contributed by atoms with Crippen LogP contribution in [-0.4, -0.2) is 32.8 Å². The molecule has 1 atom stereocenters. The largest absolute Gasteiger partial charge is 0.380 e. The summed E-state index contributed by atoms with van der Waals surface area (Å²) in [4.78, 5) is 0. The fourth-order valence-corrected chi connectivity index (χ4v) is 0.616. The van der Waals surface area contributed by atoms with Crippen molar-refractivity contribution in [2.24, 2.45) is 5.73 Å². The molecule has 0 amide bonds. The molecule has 0 aromatic rings. The molecule has 0 aromatic carbocycles. The molecular weight excluding hydrogens is 128 g/mol. The molecule has 3 N–H and O–H groups in total. The van der Waals surface area contributed by atoms with Crippen LogP contribution in [0.3, 0.4) is 0 Å². The van der Waals surface area contributed by atoms with E-state index in [2.05, 4.69) is 5.32 Å². The lowest BCUT2D eigenvalue weighted by molar-refractivity contribution is 0.117. The van der Waals surface area contributed by atoms with Crippen molar-refractivity contribution < 1.29 is 4.74 Å². The Balaban J connectivity index is 2.89. The predicted octanol–water partition coefficient (Wildman–Crippen LogP) is -0.0403. The van der Waals surface area contributed by atoms with Crippen LogP contribution in [0.2, 0.25) is 0 Å². The molecule has 0 heterocycles. The van der Waals surface area contributed by atoms with Crippen molar-refractivity contribution in [3.63, 3.8) is 0 Å². The van der Waals surface area contributed by atoms with E-state index in [-0.39, 0.29) is 0 Å². The molecular formula is C7H18N2O. The molecule has 0 fully saturated rings. The fraction of sp³-hybridized carbons (Fsp3) is 1.00. The van der Waals surface area contributed by atoms with E-state index in [1.165, 1.54) is 0 Å². The average Bonchev–Trinajstić information content (AvgIpc) is 1.98. The van der Waals surface area contributed by atoms with Gasteiger partial charge in [-0.1, -0.05) is 0 Å². The van der Waals surface area contributed by atoms with Gasteiger partial charge in [0.15, 0.2) is 0 Å². The van der Waals surface area contributed by atoms with Gasteiger partial charge in [-0.15, -0.1) is 0 Å². The first-order valence-corrected chi connectivity index (χ1v) is 3.74. The summed E-state index contributed by atoms with van der Waals surface area (Å²) in [6.07, 6.45) is 1.34. The summed E-state index contributed by atoms with van der Waals surface area (Å²) in [5.41, 5.74) is 5.31. The molecule has 62 valence electrons. The van der Waals surface area contributed by atoms with E-state index >= 15 is 0 Å². The smallest absolute Gasteiger partial charge is 0.0667 e. The van der Waals surface area contributed by atoms with Crippen LogP contribution < -0.4 is 11.1 Å². The lowest BCUT2D eigenvalue weighted by Gasteiger charge is -2.09. The molecule has 0 saturated heterocycles. The summed E-state index contributed by atoms with van der Waals surface area (Å²) >= 11 is 0. The SMILES string of the molecule is COC(C)CNCCCN. The van der Waals surface area contributed by atoms with Crippen molar-refractivity contribution in [2.45, 2.75) is 19.4 Å². The molecule has 3 heteroatoms. The molecule has 0 aromatic heterocycles. The third-order valence-corrected chi connectivity index (χ3v) is 1.39. The second-order valence-corrected chi connectivity index (χ2v) is 2.39. The van der Waals surface area contributed by atoms with E-state index < -0.39 is 0 Å². The highest BCUT2D eigenvalue weighted by atomic mass is 16.5. The third kappa shape index (κ3) is 6.01. The minimum atomic E-state index is 0.303. The summed E-state index contributed by atoms with van der Waals surface area (Å²) in [5, 5.41) is 3.23. The van der Waals surface area contributed by atoms with Crippen LogP contribution in [0.1, 0.15) is 13.3 Å². The minimum Gasteiger partial charge on any atom is -0.380 e. The zero-order valence-electron chi connectivity index (χ0n) is 6.89. The number of rotatable bonds is 6. The standard InChI is InChI=1S/C7H18N2O/c1-7(10-2)6-9-5-3-4-8/h7,9H,3-6,8H2,1-2H3. The fourth-order valence-electron chi connectivity index (χ4n) is 0.616. The average molecular weight is 146 g/mol. The van der Waals surface area contributed by atoms with Crippen molar-refractivity contribution in [1.29, 1.82) is 0 Å². The maximum Gasteiger partial charge on any atom is 0.0667 e. The van der Waals surface area contributed by atoms with Crippen LogP contribution in [0.5, 0.6) is 0 Å². The number of nitrogens with one attached hydrogen (secondary N) is 1. The molecule has 0 aliphatic carbocycles. The Morgan fingerprint density at radius 3 is 2.80 bits per heavy atom. The monoisotopic (exact) mass is 146 g/mol. The first-order valence-electron chi connectivity index (χ1n) is 3.74. The Bertz CT molecular complexity index is 68.6. The van der Waals surface area contributed by atoms with Gasteiger partial charge >= 0.3 is 0 Å². The number of methoxy groups -OCH3 is 1. The van der Waals surface area contributed by atoms with Crippen molar-refractivity contribution >= 4 is 0 Å². The second kappa shape index (κ2) is 6.99. The predicted molar refractivity (Wildman–Crippen MR) is 43.0 cm³/mol. The van der Waals surface area contributed by atoms with Crippen LogP contribution in [0.15, 0.2) is 0 Å². The van der Waals surface area contributed by atoms with Crippen LogP contribution in [0.25, 0.3) is 0 Å². The van der Waals surface area contributed by atoms with Crippen molar-refractivity contribution in [1.82, 2.24) is 5.32 Å². The van der Waals surface area contributed by atoms with Crippen molar-refractivity contribution in [3.05, 3.63) is 0 Å². The third-order valence-electron chi connectivity index (χ3n) is 1.39. The minimum absolute atomic E-state index is 0.303. The Hall–Kier alpha value is -0.120. The van der Waals surface area contributed by atoms with Crippen molar-refractivity contribution in [3.8, 4) is 0 Å². The van der Waals surface area contributed by atoms with Gasteiger partial charge in [-0.2, -0.15) is 0 Å². The van der Waals surface area contributed by atoms with Gasteiger partial charge in [-0.25, -0.2) is 0 Å². The normalized spacial score (nSPS) is 13.5. The zero-order chi connectivity index (χ0) is 7.82. The summed E-state index contributed by atoms with van der Waals surface area (Å²) in [7, 11) is 1.72. The number of hydrogen-bond donors (Lipinski definition) is 2. The van der Waals surface area contributed by atoms with E-state index in [1.807, 2.05) is 6.92 Å². The van der Waals surface area contributed by atoms with Gasteiger partial charge in [0, 0.05) is 13.7 Å². The Kier molecular flexibility index (Phi) is 6.91.